The molecule has 0 bridgehead atoms. The maximum absolute atomic E-state index is 12.9. The number of carbonyl (C=O) groups excluding carboxylic acids is 1. The number of benzene rings is 2. The van der Waals surface area contributed by atoms with Crippen LogP contribution in [0.15, 0.2) is 41.3 Å². The van der Waals surface area contributed by atoms with Gasteiger partial charge >= 0.3 is 0 Å². The van der Waals surface area contributed by atoms with Crippen molar-refractivity contribution in [3.63, 3.8) is 0 Å². The summed E-state index contributed by atoms with van der Waals surface area (Å²) >= 11 is 18.6. The molecule has 1 aliphatic rings. The minimum absolute atomic E-state index is 0.233. The minimum Gasteiger partial charge on any atom is -0.493 e. The monoisotopic (exact) mass is 425 g/mol. The summed E-state index contributed by atoms with van der Waals surface area (Å²) in [6.45, 7) is 0. The largest absolute Gasteiger partial charge is 0.493 e. The molecule has 3 rings (SSSR count). The Bertz CT molecular complexity index is 931. The molecule has 0 spiro atoms. The van der Waals surface area contributed by atoms with Crippen LogP contribution in [0.4, 0.5) is 5.69 Å². The van der Waals surface area contributed by atoms with Crippen molar-refractivity contribution < 1.29 is 14.3 Å². The van der Waals surface area contributed by atoms with Crippen LogP contribution in [0.5, 0.6) is 11.5 Å². The van der Waals surface area contributed by atoms with Gasteiger partial charge in [0.05, 0.1) is 34.9 Å². The Morgan fingerprint density at radius 1 is 1.12 bits per heavy atom. The molecule has 0 N–H and O–H groups in total. The predicted octanol–water partition coefficient (Wildman–Crippen LogP) is 5.42. The van der Waals surface area contributed by atoms with Crippen molar-refractivity contribution in [2.45, 2.75) is 0 Å². The maximum Gasteiger partial charge on any atom is 0.270 e. The van der Waals surface area contributed by atoms with Crippen molar-refractivity contribution >= 4 is 69.2 Å². The van der Waals surface area contributed by atoms with Crippen molar-refractivity contribution in [2.24, 2.45) is 0 Å². The molecule has 0 radical (unpaired) electrons. The molecule has 1 saturated heterocycles. The van der Waals surface area contributed by atoms with E-state index in [0.717, 1.165) is 5.56 Å². The normalized spacial score (nSPS) is 15.7. The second kappa shape index (κ2) is 7.88. The molecule has 1 aliphatic heterocycles. The Balaban J connectivity index is 1.99. The fraction of sp³-hybridized carbons (Fsp3) is 0.111. The number of rotatable bonds is 4. The van der Waals surface area contributed by atoms with Gasteiger partial charge in [0.1, 0.15) is 0 Å². The van der Waals surface area contributed by atoms with Crippen molar-refractivity contribution in [2.75, 3.05) is 19.1 Å². The molecule has 0 aliphatic carbocycles. The van der Waals surface area contributed by atoms with Crippen LogP contribution in [0.1, 0.15) is 5.56 Å². The summed E-state index contributed by atoms with van der Waals surface area (Å²) in [7, 11) is 3.11. The fourth-order valence-electron chi connectivity index (χ4n) is 2.48. The molecule has 1 fully saturated rings. The lowest BCUT2D eigenvalue weighted by Crippen LogP contribution is -2.27. The highest BCUT2D eigenvalue weighted by atomic mass is 35.5. The van der Waals surface area contributed by atoms with Crippen LogP contribution in [-0.2, 0) is 4.79 Å². The zero-order valence-corrected chi connectivity index (χ0v) is 16.9. The van der Waals surface area contributed by atoms with Gasteiger partial charge in [-0.3, -0.25) is 9.69 Å². The van der Waals surface area contributed by atoms with Crippen molar-refractivity contribution in [1.82, 2.24) is 0 Å². The Morgan fingerprint density at radius 3 is 2.54 bits per heavy atom. The maximum atomic E-state index is 12.9. The van der Waals surface area contributed by atoms with Crippen LogP contribution in [0.25, 0.3) is 6.08 Å². The summed E-state index contributed by atoms with van der Waals surface area (Å²) in [5, 5.41) is 0.772. The Kier molecular flexibility index (Phi) is 5.77. The lowest BCUT2D eigenvalue weighted by molar-refractivity contribution is -0.113. The summed E-state index contributed by atoms with van der Waals surface area (Å²) in [6.07, 6.45) is 1.73. The third-order valence-corrected chi connectivity index (χ3v) is 5.72. The predicted molar refractivity (Wildman–Crippen MR) is 112 cm³/mol. The fourth-order valence-corrected chi connectivity index (χ4v) is 4.06. The number of ether oxygens (including phenoxy) is 2. The van der Waals surface area contributed by atoms with Gasteiger partial charge in [-0.25, -0.2) is 0 Å². The molecule has 2 aromatic rings. The number of halogens is 2. The number of para-hydroxylation sites is 1. The molecule has 4 nitrogen and oxygen atoms in total. The Hall–Kier alpha value is -1.73. The van der Waals surface area contributed by atoms with Gasteiger partial charge in [-0.2, -0.15) is 0 Å². The van der Waals surface area contributed by atoms with Crippen LogP contribution in [0.3, 0.4) is 0 Å². The zero-order chi connectivity index (χ0) is 18.8. The van der Waals surface area contributed by atoms with Gasteiger partial charge in [0.2, 0.25) is 0 Å². The highest BCUT2D eigenvalue weighted by molar-refractivity contribution is 8.27. The van der Waals surface area contributed by atoms with E-state index in [4.69, 9.17) is 44.9 Å². The average Bonchev–Trinajstić information content (AvgIpc) is 2.90. The number of hydrogen-bond acceptors (Lipinski definition) is 5. The molecule has 0 aromatic heterocycles. The SMILES string of the molecule is COc1cccc(/C=C2\SC(=S)N(c3ccc(Cl)c(Cl)c3)C2=O)c1OC. The summed E-state index contributed by atoms with van der Waals surface area (Å²) in [5.41, 5.74) is 1.30. The Labute approximate surface area is 170 Å². The minimum atomic E-state index is -0.233. The van der Waals surface area contributed by atoms with Gasteiger partial charge in [-0.15, -0.1) is 0 Å². The summed E-state index contributed by atoms with van der Waals surface area (Å²) < 4.78 is 11.1. The molecule has 134 valence electrons. The lowest BCUT2D eigenvalue weighted by atomic mass is 10.1. The van der Waals surface area contributed by atoms with Crippen LogP contribution in [0.2, 0.25) is 10.0 Å². The van der Waals surface area contributed by atoms with Gasteiger partial charge in [0.15, 0.2) is 15.8 Å². The zero-order valence-electron chi connectivity index (χ0n) is 13.8. The van der Waals surface area contributed by atoms with E-state index in [9.17, 15) is 4.79 Å². The molecule has 8 heteroatoms. The topological polar surface area (TPSA) is 38.8 Å². The standard InChI is InChI=1S/C18H13Cl2NO3S2/c1-23-14-5-3-4-10(16(14)24-2)8-15-17(22)21(18(25)26-15)11-6-7-12(19)13(20)9-11/h3-9H,1-2H3/b15-8-. The van der Waals surface area contributed by atoms with E-state index in [0.29, 0.717) is 36.5 Å². The summed E-state index contributed by atoms with van der Waals surface area (Å²) in [4.78, 5) is 14.8. The second-order valence-corrected chi connectivity index (χ2v) is 7.69. The average molecular weight is 426 g/mol. The molecule has 1 amide bonds. The first-order valence-electron chi connectivity index (χ1n) is 7.40. The Morgan fingerprint density at radius 2 is 1.88 bits per heavy atom. The highest BCUT2D eigenvalue weighted by Crippen LogP contribution is 2.40. The number of thiocarbonyl (C=S) groups is 1. The van der Waals surface area contributed by atoms with Crippen LogP contribution in [-0.4, -0.2) is 24.4 Å². The first kappa shape index (κ1) is 19.0. The summed E-state index contributed by atoms with van der Waals surface area (Å²) in [5.74, 6) is 0.902. The third-order valence-electron chi connectivity index (χ3n) is 3.68. The van der Waals surface area contributed by atoms with Crippen molar-refractivity contribution in [1.29, 1.82) is 0 Å². The lowest BCUT2D eigenvalue weighted by Gasteiger charge is -2.15. The van der Waals surface area contributed by atoms with E-state index in [1.54, 1.807) is 44.6 Å². The van der Waals surface area contributed by atoms with Gasteiger partial charge < -0.3 is 9.47 Å². The molecule has 0 atom stereocenters. The van der Waals surface area contributed by atoms with Crippen LogP contribution < -0.4 is 14.4 Å². The van der Waals surface area contributed by atoms with E-state index >= 15 is 0 Å². The quantitative estimate of drug-likeness (QED) is 0.483. The number of carbonyl (C=O) groups is 1. The number of thioether (sulfide) groups is 1. The van der Waals surface area contributed by atoms with Gasteiger partial charge in [-0.05, 0) is 30.3 Å². The molecule has 0 unspecified atom stereocenters. The number of methoxy groups -OCH3 is 2. The first-order valence-corrected chi connectivity index (χ1v) is 9.38. The van der Waals surface area contributed by atoms with Gasteiger partial charge in [0, 0.05) is 5.56 Å². The van der Waals surface area contributed by atoms with Crippen LogP contribution >= 0.6 is 47.2 Å². The van der Waals surface area contributed by atoms with E-state index < -0.39 is 0 Å². The van der Waals surface area contributed by atoms with E-state index in [-0.39, 0.29) is 5.91 Å². The molecule has 0 saturated carbocycles. The van der Waals surface area contributed by atoms with Crippen molar-refractivity contribution in [3.05, 3.63) is 56.9 Å². The number of hydrogen-bond donors (Lipinski definition) is 0. The van der Waals surface area contributed by atoms with Crippen LogP contribution in [0, 0.1) is 0 Å². The van der Waals surface area contributed by atoms with E-state index in [1.807, 2.05) is 12.1 Å². The molecular formula is C18H13Cl2NO3S2. The van der Waals surface area contributed by atoms with Gasteiger partial charge in [0.25, 0.3) is 5.91 Å². The highest BCUT2D eigenvalue weighted by Gasteiger charge is 2.33. The van der Waals surface area contributed by atoms with E-state index in [2.05, 4.69) is 0 Å². The number of anilines is 1. The molecule has 2 aromatic carbocycles. The number of amides is 1. The third kappa shape index (κ3) is 3.55. The molecule has 26 heavy (non-hydrogen) atoms. The van der Waals surface area contributed by atoms with Crippen molar-refractivity contribution in [3.8, 4) is 11.5 Å². The summed E-state index contributed by atoms with van der Waals surface area (Å²) in [6, 6.07) is 10.4. The number of nitrogens with zero attached hydrogens (tertiary/aromatic N) is 1. The smallest absolute Gasteiger partial charge is 0.270 e. The van der Waals surface area contributed by atoms with Gasteiger partial charge in [-0.1, -0.05) is 59.3 Å². The molecular weight excluding hydrogens is 413 g/mol. The first-order chi connectivity index (χ1) is 12.5. The van der Waals surface area contributed by atoms with E-state index in [1.165, 1.54) is 16.7 Å². The molecule has 1 heterocycles. The second-order valence-electron chi connectivity index (χ2n) is 5.20.